The molecule has 1 aliphatic carbocycles. The molecule has 94 valence electrons. The highest BCUT2D eigenvalue weighted by Crippen LogP contribution is 2.32. The van der Waals surface area contributed by atoms with E-state index in [9.17, 15) is 5.11 Å². The summed E-state index contributed by atoms with van der Waals surface area (Å²) in [6.45, 7) is 3.20. The molecule has 1 aromatic rings. The van der Waals surface area contributed by atoms with Gasteiger partial charge in [-0.1, -0.05) is 6.92 Å². The normalized spacial score (nSPS) is 16.6. The lowest BCUT2D eigenvalue weighted by molar-refractivity contribution is 0.164. The molecule has 0 aliphatic heterocycles. The van der Waals surface area contributed by atoms with Gasteiger partial charge in [-0.2, -0.15) is 4.98 Å². The number of nitrogens with zero attached hydrogens (tertiary/aromatic N) is 2. The van der Waals surface area contributed by atoms with Crippen molar-refractivity contribution in [2.24, 2.45) is 5.92 Å². The highest BCUT2D eigenvalue weighted by atomic mass is 16.5. The molecule has 0 radical (unpaired) electrons. The summed E-state index contributed by atoms with van der Waals surface area (Å²) in [7, 11) is 0. The molecular formula is C12H19N3O2. The molecule has 1 fully saturated rings. The van der Waals surface area contributed by atoms with Crippen LogP contribution in [-0.4, -0.2) is 34.3 Å². The molecule has 1 heterocycles. The van der Waals surface area contributed by atoms with E-state index in [1.807, 2.05) is 6.92 Å². The van der Waals surface area contributed by atoms with Crippen LogP contribution in [-0.2, 0) is 0 Å². The molecular weight excluding hydrogens is 218 g/mol. The molecule has 2 N–H and O–H groups in total. The van der Waals surface area contributed by atoms with E-state index in [1.165, 1.54) is 0 Å². The number of ether oxygens (including phenoxy) is 1. The van der Waals surface area contributed by atoms with E-state index in [2.05, 4.69) is 15.3 Å². The molecule has 1 atom stereocenters. The molecule has 0 aromatic carbocycles. The SMILES string of the molecule is CCCOc1ccnc(NCC(O)C2CC2)n1. The Hall–Kier alpha value is -1.36. The van der Waals surface area contributed by atoms with Crippen LogP contribution in [0, 0.1) is 5.92 Å². The Labute approximate surface area is 101 Å². The predicted octanol–water partition coefficient (Wildman–Crippen LogP) is 1.45. The summed E-state index contributed by atoms with van der Waals surface area (Å²) in [6.07, 6.45) is 4.57. The number of anilines is 1. The second kappa shape index (κ2) is 5.82. The van der Waals surface area contributed by atoms with Crippen molar-refractivity contribution >= 4 is 5.95 Å². The van der Waals surface area contributed by atoms with Gasteiger partial charge in [-0.3, -0.25) is 0 Å². The fourth-order valence-corrected chi connectivity index (χ4v) is 1.56. The Morgan fingerprint density at radius 2 is 2.41 bits per heavy atom. The van der Waals surface area contributed by atoms with Crippen LogP contribution in [0.3, 0.4) is 0 Å². The number of nitrogens with one attached hydrogen (secondary N) is 1. The molecule has 1 aliphatic rings. The molecule has 0 saturated heterocycles. The zero-order valence-electron chi connectivity index (χ0n) is 10.1. The summed E-state index contributed by atoms with van der Waals surface area (Å²) in [5.41, 5.74) is 0. The van der Waals surface area contributed by atoms with Crippen LogP contribution < -0.4 is 10.1 Å². The van der Waals surface area contributed by atoms with Gasteiger partial charge in [0.2, 0.25) is 11.8 Å². The van der Waals surface area contributed by atoms with E-state index < -0.39 is 0 Å². The van der Waals surface area contributed by atoms with E-state index in [0.717, 1.165) is 19.3 Å². The molecule has 1 unspecified atom stereocenters. The lowest BCUT2D eigenvalue weighted by Gasteiger charge is -2.11. The molecule has 1 saturated carbocycles. The van der Waals surface area contributed by atoms with Crippen LogP contribution in [0.2, 0.25) is 0 Å². The number of rotatable bonds is 7. The van der Waals surface area contributed by atoms with E-state index in [0.29, 0.717) is 30.9 Å². The summed E-state index contributed by atoms with van der Waals surface area (Å²) in [6, 6.07) is 1.73. The summed E-state index contributed by atoms with van der Waals surface area (Å²) in [5, 5.41) is 12.7. The standard InChI is InChI=1S/C12H19N3O2/c1-2-7-17-11-5-6-13-12(15-11)14-8-10(16)9-3-4-9/h5-6,9-10,16H,2-4,7-8H2,1H3,(H,13,14,15). The highest BCUT2D eigenvalue weighted by molar-refractivity contribution is 5.27. The van der Waals surface area contributed by atoms with Crippen LogP contribution in [0.1, 0.15) is 26.2 Å². The van der Waals surface area contributed by atoms with Crippen LogP contribution in [0.4, 0.5) is 5.95 Å². The number of aliphatic hydroxyl groups is 1. The zero-order valence-corrected chi connectivity index (χ0v) is 10.1. The maximum atomic E-state index is 9.71. The van der Waals surface area contributed by atoms with Gasteiger partial charge in [-0.05, 0) is 25.2 Å². The third-order valence-corrected chi connectivity index (χ3v) is 2.72. The molecule has 0 bridgehead atoms. The summed E-state index contributed by atoms with van der Waals surface area (Å²) < 4.78 is 5.41. The molecule has 0 amide bonds. The third kappa shape index (κ3) is 3.85. The average molecular weight is 237 g/mol. The van der Waals surface area contributed by atoms with E-state index in [-0.39, 0.29) is 6.10 Å². The van der Waals surface area contributed by atoms with Crippen molar-refractivity contribution < 1.29 is 9.84 Å². The number of aliphatic hydroxyl groups excluding tert-OH is 1. The summed E-state index contributed by atoms with van der Waals surface area (Å²) in [4.78, 5) is 8.29. The van der Waals surface area contributed by atoms with Crippen molar-refractivity contribution in [2.75, 3.05) is 18.5 Å². The third-order valence-electron chi connectivity index (χ3n) is 2.72. The lowest BCUT2D eigenvalue weighted by atomic mass is 10.2. The van der Waals surface area contributed by atoms with Crippen molar-refractivity contribution in [1.82, 2.24) is 9.97 Å². The quantitative estimate of drug-likeness (QED) is 0.751. The van der Waals surface area contributed by atoms with Gasteiger partial charge in [0.25, 0.3) is 0 Å². The van der Waals surface area contributed by atoms with Crippen LogP contribution in [0.15, 0.2) is 12.3 Å². The van der Waals surface area contributed by atoms with E-state index in [4.69, 9.17) is 4.74 Å². The van der Waals surface area contributed by atoms with Crippen LogP contribution in [0.25, 0.3) is 0 Å². The number of hydrogen-bond acceptors (Lipinski definition) is 5. The molecule has 1 aromatic heterocycles. The second-order valence-electron chi connectivity index (χ2n) is 4.35. The van der Waals surface area contributed by atoms with Gasteiger partial charge in [0.05, 0.1) is 12.7 Å². The maximum Gasteiger partial charge on any atom is 0.226 e. The maximum absolute atomic E-state index is 9.71. The van der Waals surface area contributed by atoms with Crippen molar-refractivity contribution in [3.8, 4) is 5.88 Å². The molecule has 17 heavy (non-hydrogen) atoms. The van der Waals surface area contributed by atoms with Gasteiger partial charge in [-0.15, -0.1) is 0 Å². The predicted molar refractivity (Wildman–Crippen MR) is 65.0 cm³/mol. The van der Waals surface area contributed by atoms with Gasteiger partial charge >= 0.3 is 0 Å². The summed E-state index contributed by atoms with van der Waals surface area (Å²) >= 11 is 0. The largest absolute Gasteiger partial charge is 0.478 e. The molecule has 0 spiro atoms. The van der Waals surface area contributed by atoms with E-state index >= 15 is 0 Å². The first kappa shape index (κ1) is 12.1. The Morgan fingerprint density at radius 3 is 3.12 bits per heavy atom. The zero-order chi connectivity index (χ0) is 12.1. The minimum Gasteiger partial charge on any atom is -0.478 e. The first-order chi connectivity index (χ1) is 8.29. The van der Waals surface area contributed by atoms with E-state index in [1.54, 1.807) is 12.3 Å². The minimum atomic E-state index is -0.293. The van der Waals surface area contributed by atoms with Gasteiger partial charge in [0.15, 0.2) is 0 Å². The molecule has 5 heteroatoms. The molecule has 5 nitrogen and oxygen atoms in total. The monoisotopic (exact) mass is 237 g/mol. The van der Waals surface area contributed by atoms with Gasteiger partial charge in [0.1, 0.15) is 0 Å². The molecule has 2 rings (SSSR count). The number of hydrogen-bond donors (Lipinski definition) is 2. The average Bonchev–Trinajstić information content (AvgIpc) is 3.18. The Morgan fingerprint density at radius 1 is 1.59 bits per heavy atom. The van der Waals surface area contributed by atoms with Gasteiger partial charge in [0, 0.05) is 18.8 Å². The fraction of sp³-hybridized carbons (Fsp3) is 0.667. The lowest BCUT2D eigenvalue weighted by Crippen LogP contribution is -2.22. The van der Waals surface area contributed by atoms with Gasteiger partial charge < -0.3 is 15.2 Å². The van der Waals surface area contributed by atoms with Crippen molar-refractivity contribution in [3.63, 3.8) is 0 Å². The first-order valence-electron chi connectivity index (χ1n) is 6.17. The van der Waals surface area contributed by atoms with Gasteiger partial charge in [-0.25, -0.2) is 4.98 Å². The highest BCUT2D eigenvalue weighted by Gasteiger charge is 2.29. The first-order valence-corrected chi connectivity index (χ1v) is 6.17. The van der Waals surface area contributed by atoms with Crippen molar-refractivity contribution in [3.05, 3.63) is 12.3 Å². The topological polar surface area (TPSA) is 67.3 Å². The second-order valence-corrected chi connectivity index (χ2v) is 4.35. The Kier molecular flexibility index (Phi) is 4.14. The fourth-order valence-electron chi connectivity index (χ4n) is 1.56. The minimum absolute atomic E-state index is 0.293. The Bertz CT molecular complexity index is 355. The summed E-state index contributed by atoms with van der Waals surface area (Å²) in [5.74, 6) is 1.55. The number of aromatic nitrogens is 2. The Balaban J connectivity index is 1.82. The van der Waals surface area contributed by atoms with Crippen LogP contribution >= 0.6 is 0 Å². The van der Waals surface area contributed by atoms with Crippen molar-refractivity contribution in [2.45, 2.75) is 32.3 Å². The smallest absolute Gasteiger partial charge is 0.226 e. The van der Waals surface area contributed by atoms with Crippen LogP contribution in [0.5, 0.6) is 5.88 Å². The van der Waals surface area contributed by atoms with Crippen molar-refractivity contribution in [1.29, 1.82) is 0 Å².